The molecule has 2 rings (SSSR count). The summed E-state index contributed by atoms with van der Waals surface area (Å²) >= 11 is 0. The van der Waals surface area contributed by atoms with E-state index >= 15 is 0 Å². The second-order valence-electron chi connectivity index (χ2n) is 6.16. The van der Waals surface area contributed by atoms with Gasteiger partial charge in [-0.05, 0) is 38.8 Å². The first-order valence-electron chi connectivity index (χ1n) is 7.76. The lowest BCUT2D eigenvalue weighted by atomic mass is 10.0. The second-order valence-corrected chi connectivity index (χ2v) is 6.16. The number of furan rings is 1. The fraction of sp³-hybridized carbons (Fsp3) is 0.688. The Kier molecular flexibility index (Phi) is 5.47. The van der Waals surface area contributed by atoms with E-state index in [1.165, 1.54) is 0 Å². The first kappa shape index (κ1) is 16.8. The van der Waals surface area contributed by atoms with Crippen molar-refractivity contribution in [3.05, 3.63) is 23.7 Å². The molecule has 1 aromatic heterocycles. The predicted octanol–water partition coefficient (Wildman–Crippen LogP) is 2.74. The molecule has 2 heterocycles. The monoisotopic (exact) mass is 310 g/mol. The van der Waals surface area contributed by atoms with Crippen LogP contribution in [0.5, 0.6) is 0 Å². The number of carbonyl (C=O) groups is 1. The topological polar surface area (TPSA) is 72.7 Å². The van der Waals surface area contributed by atoms with Gasteiger partial charge in [0, 0.05) is 13.0 Å². The molecule has 6 heteroatoms. The standard InChI is InChI=1S/C16H26N2O4/c1-11(9-16(4)20-7-8-21-16)10-17-15(19)18-13(3)14-6-5-12(2)22-14/h5-6,11,13H,7-10H2,1-4H3,(H2,17,18,19)/t11-,13-/m0/s1. The summed E-state index contributed by atoms with van der Waals surface area (Å²) < 4.78 is 16.7. The molecule has 1 aromatic rings. The van der Waals surface area contributed by atoms with Crippen LogP contribution in [0.15, 0.2) is 16.5 Å². The Labute approximate surface area is 131 Å². The summed E-state index contributed by atoms with van der Waals surface area (Å²) in [5, 5.41) is 5.74. The molecule has 0 spiro atoms. The zero-order valence-corrected chi connectivity index (χ0v) is 13.8. The Morgan fingerprint density at radius 2 is 2.00 bits per heavy atom. The number of urea groups is 1. The van der Waals surface area contributed by atoms with Crippen LogP contribution in [0.4, 0.5) is 4.79 Å². The Morgan fingerprint density at radius 1 is 1.32 bits per heavy atom. The van der Waals surface area contributed by atoms with Crippen molar-refractivity contribution in [2.24, 2.45) is 5.92 Å². The van der Waals surface area contributed by atoms with E-state index in [-0.39, 0.29) is 18.0 Å². The molecule has 1 aliphatic rings. The van der Waals surface area contributed by atoms with Gasteiger partial charge in [0.2, 0.25) is 0 Å². The van der Waals surface area contributed by atoms with Crippen molar-refractivity contribution in [1.29, 1.82) is 0 Å². The van der Waals surface area contributed by atoms with Gasteiger partial charge in [-0.1, -0.05) is 6.92 Å². The highest BCUT2D eigenvalue weighted by atomic mass is 16.7. The minimum absolute atomic E-state index is 0.164. The quantitative estimate of drug-likeness (QED) is 0.847. The summed E-state index contributed by atoms with van der Waals surface area (Å²) in [6.07, 6.45) is 0.750. The molecular formula is C16H26N2O4. The first-order valence-corrected chi connectivity index (χ1v) is 7.76. The fourth-order valence-electron chi connectivity index (χ4n) is 2.65. The van der Waals surface area contributed by atoms with Crippen molar-refractivity contribution in [3.8, 4) is 0 Å². The Morgan fingerprint density at radius 3 is 2.59 bits per heavy atom. The van der Waals surface area contributed by atoms with Gasteiger partial charge in [0.1, 0.15) is 11.5 Å². The van der Waals surface area contributed by atoms with Gasteiger partial charge >= 0.3 is 6.03 Å². The lowest BCUT2D eigenvalue weighted by Crippen LogP contribution is -2.40. The number of carbonyl (C=O) groups excluding carboxylic acids is 1. The van der Waals surface area contributed by atoms with Crippen LogP contribution in [0, 0.1) is 12.8 Å². The first-order chi connectivity index (χ1) is 10.4. The smallest absolute Gasteiger partial charge is 0.315 e. The highest BCUT2D eigenvalue weighted by Gasteiger charge is 2.32. The number of hydrogen-bond donors (Lipinski definition) is 2. The molecule has 2 atom stereocenters. The van der Waals surface area contributed by atoms with E-state index in [1.54, 1.807) is 0 Å². The van der Waals surface area contributed by atoms with Crippen LogP contribution in [0.3, 0.4) is 0 Å². The summed E-state index contributed by atoms with van der Waals surface area (Å²) in [4.78, 5) is 11.9. The highest BCUT2D eigenvalue weighted by Crippen LogP contribution is 2.26. The van der Waals surface area contributed by atoms with Crippen molar-refractivity contribution in [2.75, 3.05) is 19.8 Å². The van der Waals surface area contributed by atoms with E-state index in [1.807, 2.05) is 32.9 Å². The maximum Gasteiger partial charge on any atom is 0.315 e. The normalized spacial score (nSPS) is 19.6. The van der Waals surface area contributed by atoms with Crippen LogP contribution in [-0.2, 0) is 9.47 Å². The van der Waals surface area contributed by atoms with Gasteiger partial charge < -0.3 is 24.5 Å². The van der Waals surface area contributed by atoms with E-state index in [4.69, 9.17) is 13.9 Å². The SMILES string of the molecule is Cc1ccc([C@H](C)NC(=O)NC[C@@H](C)CC2(C)OCCO2)o1. The van der Waals surface area contributed by atoms with E-state index in [2.05, 4.69) is 17.6 Å². The Hall–Kier alpha value is -1.53. The van der Waals surface area contributed by atoms with Crippen molar-refractivity contribution in [3.63, 3.8) is 0 Å². The number of aryl methyl sites for hydroxylation is 1. The number of amides is 2. The third-order valence-electron chi connectivity index (χ3n) is 3.76. The van der Waals surface area contributed by atoms with Crippen LogP contribution < -0.4 is 10.6 Å². The predicted molar refractivity (Wildman–Crippen MR) is 82.5 cm³/mol. The van der Waals surface area contributed by atoms with Crippen molar-refractivity contribution in [1.82, 2.24) is 10.6 Å². The second kappa shape index (κ2) is 7.15. The van der Waals surface area contributed by atoms with Gasteiger partial charge in [-0.15, -0.1) is 0 Å². The van der Waals surface area contributed by atoms with Gasteiger partial charge in [0.25, 0.3) is 0 Å². The van der Waals surface area contributed by atoms with Crippen LogP contribution in [0.2, 0.25) is 0 Å². The number of hydrogen-bond acceptors (Lipinski definition) is 4. The molecule has 6 nitrogen and oxygen atoms in total. The molecule has 124 valence electrons. The molecule has 0 unspecified atom stereocenters. The minimum atomic E-state index is -0.517. The van der Waals surface area contributed by atoms with E-state index < -0.39 is 5.79 Å². The summed E-state index contributed by atoms with van der Waals surface area (Å²) in [5.41, 5.74) is 0. The zero-order valence-electron chi connectivity index (χ0n) is 13.8. The van der Waals surface area contributed by atoms with Crippen LogP contribution in [0.25, 0.3) is 0 Å². The molecular weight excluding hydrogens is 284 g/mol. The van der Waals surface area contributed by atoms with Crippen molar-refractivity contribution in [2.45, 2.75) is 45.9 Å². The molecule has 2 amide bonds. The molecule has 0 saturated carbocycles. The third kappa shape index (κ3) is 4.74. The molecule has 1 saturated heterocycles. The van der Waals surface area contributed by atoms with Gasteiger partial charge in [0.05, 0.1) is 19.3 Å². The molecule has 2 N–H and O–H groups in total. The Balaban J connectivity index is 1.70. The highest BCUT2D eigenvalue weighted by molar-refractivity contribution is 5.74. The van der Waals surface area contributed by atoms with Crippen LogP contribution in [0.1, 0.15) is 44.8 Å². The molecule has 1 fully saturated rings. The lowest BCUT2D eigenvalue weighted by molar-refractivity contribution is -0.153. The zero-order chi connectivity index (χ0) is 16.2. The summed E-state index contributed by atoms with van der Waals surface area (Å²) in [6, 6.07) is 3.39. The van der Waals surface area contributed by atoms with E-state index in [9.17, 15) is 4.79 Å². The molecule has 0 aliphatic carbocycles. The van der Waals surface area contributed by atoms with Crippen LogP contribution in [-0.4, -0.2) is 31.6 Å². The van der Waals surface area contributed by atoms with Crippen molar-refractivity contribution < 1.29 is 18.7 Å². The maximum absolute atomic E-state index is 11.9. The summed E-state index contributed by atoms with van der Waals surface area (Å²) in [6.45, 7) is 9.62. The number of ether oxygens (including phenoxy) is 2. The molecule has 0 bridgehead atoms. The third-order valence-corrected chi connectivity index (χ3v) is 3.76. The van der Waals surface area contributed by atoms with E-state index in [0.717, 1.165) is 17.9 Å². The Bertz CT molecular complexity index is 494. The molecule has 0 aromatic carbocycles. The summed E-state index contributed by atoms with van der Waals surface area (Å²) in [5.74, 6) is 1.33. The van der Waals surface area contributed by atoms with E-state index in [0.29, 0.717) is 19.8 Å². The largest absolute Gasteiger partial charge is 0.464 e. The van der Waals surface area contributed by atoms with Crippen LogP contribution >= 0.6 is 0 Å². The average Bonchev–Trinajstić information content (AvgIpc) is 3.05. The van der Waals surface area contributed by atoms with Gasteiger partial charge in [-0.2, -0.15) is 0 Å². The maximum atomic E-state index is 11.9. The fourth-order valence-corrected chi connectivity index (χ4v) is 2.65. The lowest BCUT2D eigenvalue weighted by Gasteiger charge is -2.26. The van der Waals surface area contributed by atoms with Gasteiger partial charge in [-0.25, -0.2) is 4.79 Å². The van der Waals surface area contributed by atoms with Gasteiger partial charge in [-0.3, -0.25) is 0 Å². The molecule has 1 aliphatic heterocycles. The number of rotatable bonds is 6. The number of nitrogens with one attached hydrogen (secondary N) is 2. The average molecular weight is 310 g/mol. The minimum Gasteiger partial charge on any atom is -0.464 e. The van der Waals surface area contributed by atoms with Gasteiger partial charge in [0.15, 0.2) is 5.79 Å². The van der Waals surface area contributed by atoms with Crippen molar-refractivity contribution >= 4 is 6.03 Å². The molecule has 22 heavy (non-hydrogen) atoms. The molecule has 0 radical (unpaired) electrons. The summed E-state index contributed by atoms with van der Waals surface area (Å²) in [7, 11) is 0.